The van der Waals surface area contributed by atoms with Gasteiger partial charge in [0.15, 0.2) is 5.82 Å². The number of halogens is 1. The molecule has 2 rings (SSSR count). The average molecular weight is 285 g/mol. The van der Waals surface area contributed by atoms with Crippen LogP contribution in [0.2, 0.25) is 0 Å². The van der Waals surface area contributed by atoms with Crippen LogP contribution in [-0.2, 0) is 6.42 Å². The standard InChI is InChI=1S/C11H12N4O3.ClH/c1-2-5-3-6(8(17)4-7(5)16)10-13-11(9(12)18)15-14-10;/h3-4,16-17H,2H2,1H3,(H2,12,18)(H,13,14,15);1H. The molecule has 0 aliphatic rings. The van der Waals surface area contributed by atoms with Gasteiger partial charge in [0.05, 0.1) is 5.56 Å². The maximum Gasteiger partial charge on any atom is 0.286 e. The zero-order valence-electron chi connectivity index (χ0n) is 10.0. The third kappa shape index (κ3) is 2.76. The zero-order valence-corrected chi connectivity index (χ0v) is 10.9. The average Bonchev–Trinajstić information content (AvgIpc) is 2.78. The fourth-order valence-electron chi connectivity index (χ4n) is 1.58. The summed E-state index contributed by atoms with van der Waals surface area (Å²) < 4.78 is 0. The van der Waals surface area contributed by atoms with Crippen LogP contribution < -0.4 is 5.73 Å². The van der Waals surface area contributed by atoms with Crippen molar-refractivity contribution in [2.45, 2.75) is 13.3 Å². The summed E-state index contributed by atoms with van der Waals surface area (Å²) in [5.74, 6) is -0.835. The van der Waals surface area contributed by atoms with E-state index in [2.05, 4.69) is 15.2 Å². The number of nitrogens with zero attached hydrogens (tertiary/aromatic N) is 2. The normalized spacial score (nSPS) is 9.95. The van der Waals surface area contributed by atoms with E-state index in [0.717, 1.165) is 0 Å². The highest BCUT2D eigenvalue weighted by atomic mass is 35.5. The Kier molecular flexibility index (Phi) is 4.34. The van der Waals surface area contributed by atoms with Crippen molar-refractivity contribution in [3.8, 4) is 22.9 Å². The molecule has 19 heavy (non-hydrogen) atoms. The Morgan fingerprint density at radius 3 is 2.58 bits per heavy atom. The lowest BCUT2D eigenvalue weighted by molar-refractivity contribution is 0.0991. The van der Waals surface area contributed by atoms with Gasteiger partial charge in [0.1, 0.15) is 11.5 Å². The molecule has 5 N–H and O–H groups in total. The van der Waals surface area contributed by atoms with Gasteiger partial charge < -0.3 is 15.9 Å². The van der Waals surface area contributed by atoms with Crippen LogP contribution in [0.1, 0.15) is 23.1 Å². The Morgan fingerprint density at radius 1 is 1.37 bits per heavy atom. The van der Waals surface area contributed by atoms with Crippen molar-refractivity contribution >= 4 is 18.3 Å². The number of amides is 1. The van der Waals surface area contributed by atoms with Crippen molar-refractivity contribution in [1.82, 2.24) is 15.2 Å². The Bertz CT molecular complexity index is 612. The Labute approximate surface area is 114 Å². The zero-order chi connectivity index (χ0) is 13.3. The molecule has 102 valence electrons. The first-order valence-electron chi connectivity index (χ1n) is 5.30. The smallest absolute Gasteiger partial charge is 0.286 e. The first-order chi connectivity index (χ1) is 8.52. The number of hydrogen-bond donors (Lipinski definition) is 4. The van der Waals surface area contributed by atoms with Crippen molar-refractivity contribution in [3.63, 3.8) is 0 Å². The number of aromatic amines is 1. The molecule has 0 saturated carbocycles. The van der Waals surface area contributed by atoms with Crippen LogP contribution in [0, 0.1) is 0 Å². The van der Waals surface area contributed by atoms with Crippen LogP contribution in [-0.4, -0.2) is 31.3 Å². The number of H-pyrrole nitrogens is 1. The van der Waals surface area contributed by atoms with E-state index in [9.17, 15) is 15.0 Å². The second kappa shape index (κ2) is 5.57. The van der Waals surface area contributed by atoms with Crippen molar-refractivity contribution in [3.05, 3.63) is 23.5 Å². The highest BCUT2D eigenvalue weighted by Gasteiger charge is 2.15. The third-order valence-electron chi connectivity index (χ3n) is 2.54. The molecule has 8 heteroatoms. The lowest BCUT2D eigenvalue weighted by Crippen LogP contribution is -2.12. The van der Waals surface area contributed by atoms with Crippen LogP contribution in [0.15, 0.2) is 12.1 Å². The maximum absolute atomic E-state index is 10.9. The molecule has 0 aliphatic carbocycles. The van der Waals surface area contributed by atoms with Crippen molar-refractivity contribution in [1.29, 1.82) is 0 Å². The molecule has 0 atom stereocenters. The van der Waals surface area contributed by atoms with E-state index < -0.39 is 5.91 Å². The lowest BCUT2D eigenvalue weighted by atomic mass is 10.1. The molecular formula is C11H13ClN4O3. The van der Waals surface area contributed by atoms with Gasteiger partial charge in [-0.2, -0.15) is 5.10 Å². The first-order valence-corrected chi connectivity index (χ1v) is 5.30. The van der Waals surface area contributed by atoms with E-state index in [-0.39, 0.29) is 35.6 Å². The summed E-state index contributed by atoms with van der Waals surface area (Å²) in [6, 6.07) is 2.78. The summed E-state index contributed by atoms with van der Waals surface area (Å²) >= 11 is 0. The SMILES string of the molecule is CCc1cc(-c2n[nH]c(C(N)=O)n2)c(O)cc1O.Cl. The van der Waals surface area contributed by atoms with E-state index in [1.165, 1.54) is 6.07 Å². The molecule has 1 heterocycles. The van der Waals surface area contributed by atoms with Gasteiger partial charge in [-0.25, -0.2) is 4.98 Å². The largest absolute Gasteiger partial charge is 0.508 e. The van der Waals surface area contributed by atoms with Gasteiger partial charge in [-0.15, -0.1) is 12.4 Å². The second-order valence-electron chi connectivity index (χ2n) is 3.72. The summed E-state index contributed by atoms with van der Waals surface area (Å²) in [6.07, 6.45) is 0.589. The molecule has 0 unspecified atom stereocenters. The number of phenols is 2. The molecule has 1 aromatic carbocycles. The van der Waals surface area contributed by atoms with Gasteiger partial charge in [0, 0.05) is 6.07 Å². The highest BCUT2D eigenvalue weighted by molar-refractivity contribution is 5.89. The van der Waals surface area contributed by atoms with Gasteiger partial charge in [0.25, 0.3) is 5.91 Å². The third-order valence-corrected chi connectivity index (χ3v) is 2.54. The number of aromatic nitrogens is 3. The summed E-state index contributed by atoms with van der Waals surface area (Å²) in [4.78, 5) is 14.8. The Morgan fingerprint density at radius 2 is 2.05 bits per heavy atom. The van der Waals surface area contributed by atoms with Crippen LogP contribution >= 0.6 is 12.4 Å². The maximum atomic E-state index is 10.9. The monoisotopic (exact) mass is 284 g/mol. The first kappa shape index (κ1) is 14.8. The van der Waals surface area contributed by atoms with E-state index in [4.69, 9.17) is 5.73 Å². The fourth-order valence-corrected chi connectivity index (χ4v) is 1.58. The molecule has 1 amide bonds. The molecule has 0 radical (unpaired) electrons. The van der Waals surface area contributed by atoms with Gasteiger partial charge >= 0.3 is 0 Å². The van der Waals surface area contributed by atoms with Crippen molar-refractivity contribution in [2.24, 2.45) is 5.73 Å². The second-order valence-corrected chi connectivity index (χ2v) is 3.72. The number of aryl methyl sites for hydroxylation is 1. The lowest BCUT2D eigenvalue weighted by Gasteiger charge is -2.06. The number of carbonyl (C=O) groups excluding carboxylic acids is 1. The predicted octanol–water partition coefficient (Wildman–Crippen LogP) is 0.966. The minimum Gasteiger partial charge on any atom is -0.508 e. The molecule has 1 aromatic heterocycles. The number of rotatable bonds is 3. The summed E-state index contributed by atoms with van der Waals surface area (Å²) in [5.41, 5.74) is 6.02. The number of nitrogens with two attached hydrogens (primary N) is 1. The number of primary amides is 1. The minimum atomic E-state index is -0.734. The summed E-state index contributed by atoms with van der Waals surface area (Å²) in [6.45, 7) is 1.86. The molecule has 0 spiro atoms. The number of carbonyl (C=O) groups is 1. The number of hydrogen-bond acceptors (Lipinski definition) is 5. The molecular weight excluding hydrogens is 272 g/mol. The minimum absolute atomic E-state index is 0. The quantitative estimate of drug-likeness (QED) is 0.668. The van der Waals surface area contributed by atoms with Crippen LogP contribution in [0.3, 0.4) is 0 Å². The van der Waals surface area contributed by atoms with Crippen LogP contribution in [0.5, 0.6) is 11.5 Å². The Hall–Kier alpha value is -2.28. The molecule has 0 saturated heterocycles. The molecule has 7 nitrogen and oxygen atoms in total. The number of phenolic OH excluding ortho intramolecular Hbond substituents is 2. The van der Waals surface area contributed by atoms with Gasteiger partial charge in [0.2, 0.25) is 5.82 Å². The molecule has 0 aliphatic heterocycles. The van der Waals surface area contributed by atoms with E-state index in [1.807, 2.05) is 6.92 Å². The van der Waals surface area contributed by atoms with Gasteiger partial charge in [-0.05, 0) is 18.1 Å². The summed E-state index contributed by atoms with van der Waals surface area (Å²) in [5, 5.41) is 25.5. The van der Waals surface area contributed by atoms with E-state index in [1.54, 1.807) is 6.07 Å². The number of nitrogens with one attached hydrogen (secondary N) is 1. The van der Waals surface area contributed by atoms with Gasteiger partial charge in [-0.1, -0.05) is 6.92 Å². The van der Waals surface area contributed by atoms with E-state index >= 15 is 0 Å². The van der Waals surface area contributed by atoms with Gasteiger partial charge in [-0.3, -0.25) is 9.89 Å². The highest BCUT2D eigenvalue weighted by Crippen LogP contribution is 2.33. The fraction of sp³-hybridized carbons (Fsp3) is 0.182. The van der Waals surface area contributed by atoms with Crippen molar-refractivity contribution in [2.75, 3.05) is 0 Å². The van der Waals surface area contributed by atoms with E-state index in [0.29, 0.717) is 17.5 Å². The molecule has 2 aromatic rings. The van der Waals surface area contributed by atoms with Crippen LogP contribution in [0.25, 0.3) is 11.4 Å². The number of benzene rings is 1. The topological polar surface area (TPSA) is 125 Å². The Balaban J connectivity index is 0.00000180. The molecule has 0 bridgehead atoms. The predicted molar refractivity (Wildman–Crippen MR) is 70.3 cm³/mol. The summed E-state index contributed by atoms with van der Waals surface area (Å²) in [7, 11) is 0. The number of aromatic hydroxyl groups is 2. The van der Waals surface area contributed by atoms with Crippen molar-refractivity contribution < 1.29 is 15.0 Å². The molecule has 0 fully saturated rings. The van der Waals surface area contributed by atoms with Crippen LogP contribution in [0.4, 0.5) is 0 Å².